The summed E-state index contributed by atoms with van der Waals surface area (Å²) in [5.74, 6) is -1.43. The van der Waals surface area contributed by atoms with Gasteiger partial charge in [-0.1, -0.05) is 47.5 Å². The number of esters is 1. The van der Waals surface area contributed by atoms with Crippen molar-refractivity contribution in [3.8, 4) is 5.75 Å². The van der Waals surface area contributed by atoms with E-state index in [9.17, 15) is 14.4 Å². The highest BCUT2D eigenvalue weighted by Crippen LogP contribution is 2.24. The average molecular weight is 522 g/mol. The molecular formula is C26H17Cl2N3O5. The molecule has 0 aliphatic rings. The fraction of sp³-hybridized carbons (Fsp3) is 0. The zero-order valence-corrected chi connectivity index (χ0v) is 19.9. The smallest absolute Gasteiger partial charge is 0.345 e. The van der Waals surface area contributed by atoms with Gasteiger partial charge in [-0.3, -0.25) is 9.59 Å². The molecule has 4 rings (SSSR count). The third-order valence-corrected chi connectivity index (χ3v) is 5.36. The highest BCUT2D eigenvalue weighted by atomic mass is 35.5. The molecule has 1 heterocycles. The Balaban J connectivity index is 1.45. The normalized spacial score (nSPS) is 10.7. The summed E-state index contributed by atoms with van der Waals surface area (Å²) < 4.78 is 10.5. The van der Waals surface area contributed by atoms with E-state index in [1.807, 2.05) is 0 Å². The van der Waals surface area contributed by atoms with Crippen LogP contribution in [-0.4, -0.2) is 24.0 Å². The van der Waals surface area contributed by atoms with Crippen molar-refractivity contribution >= 4 is 52.9 Å². The van der Waals surface area contributed by atoms with E-state index in [0.717, 1.165) is 0 Å². The number of anilines is 1. The Hall–Kier alpha value is -4.40. The van der Waals surface area contributed by atoms with Gasteiger partial charge in [0.05, 0.1) is 34.3 Å². The first-order valence-corrected chi connectivity index (χ1v) is 11.2. The van der Waals surface area contributed by atoms with Crippen LogP contribution in [0.25, 0.3) is 0 Å². The van der Waals surface area contributed by atoms with Crippen molar-refractivity contribution in [2.45, 2.75) is 0 Å². The van der Waals surface area contributed by atoms with Crippen LogP contribution in [0.4, 0.5) is 5.69 Å². The second-order valence-corrected chi connectivity index (χ2v) is 8.07. The molecule has 0 saturated carbocycles. The van der Waals surface area contributed by atoms with Gasteiger partial charge in [-0.05, 0) is 54.6 Å². The Morgan fingerprint density at radius 1 is 0.861 bits per heavy atom. The number of amides is 2. The molecule has 0 radical (unpaired) electrons. The summed E-state index contributed by atoms with van der Waals surface area (Å²) in [6.45, 7) is 0. The van der Waals surface area contributed by atoms with E-state index >= 15 is 0 Å². The summed E-state index contributed by atoms with van der Waals surface area (Å²) >= 11 is 12.0. The summed E-state index contributed by atoms with van der Waals surface area (Å²) in [6.07, 6.45) is 2.70. The van der Waals surface area contributed by atoms with Crippen LogP contribution in [-0.2, 0) is 0 Å². The lowest BCUT2D eigenvalue weighted by Gasteiger charge is -2.09. The Morgan fingerprint density at radius 2 is 1.64 bits per heavy atom. The first-order valence-electron chi connectivity index (χ1n) is 10.5. The number of nitrogens with zero attached hydrogens (tertiary/aromatic N) is 1. The van der Waals surface area contributed by atoms with E-state index < -0.39 is 17.8 Å². The lowest BCUT2D eigenvalue weighted by atomic mass is 10.1. The van der Waals surface area contributed by atoms with Crippen LogP contribution in [0.15, 0.2) is 94.6 Å². The molecule has 8 nitrogen and oxygen atoms in total. The molecule has 180 valence electrons. The number of carbonyl (C=O) groups excluding carboxylic acids is 3. The lowest BCUT2D eigenvalue weighted by molar-refractivity contribution is 0.0734. The predicted molar refractivity (Wildman–Crippen MR) is 136 cm³/mol. The fourth-order valence-corrected chi connectivity index (χ4v) is 3.58. The van der Waals surface area contributed by atoms with Gasteiger partial charge in [-0.2, -0.15) is 5.10 Å². The Morgan fingerprint density at radius 3 is 2.42 bits per heavy atom. The molecule has 3 aromatic carbocycles. The molecule has 2 N–H and O–H groups in total. The number of hydrazone groups is 1. The van der Waals surface area contributed by atoms with Crippen molar-refractivity contribution in [2.24, 2.45) is 5.10 Å². The third-order valence-electron chi connectivity index (χ3n) is 4.81. The molecular weight excluding hydrogens is 505 g/mol. The number of rotatable bonds is 7. The molecule has 2 amide bonds. The topological polar surface area (TPSA) is 110 Å². The van der Waals surface area contributed by atoms with Crippen LogP contribution in [0.2, 0.25) is 10.0 Å². The highest BCUT2D eigenvalue weighted by molar-refractivity contribution is 6.36. The Labute approximate surface area is 215 Å². The maximum absolute atomic E-state index is 12.7. The molecule has 10 heteroatoms. The standard InChI is InChI=1S/C26H17Cl2N3O5/c27-17-11-12-18(20(28)14-17)26(34)36-22-9-4-1-6-16(22)15-29-31-24(32)19-7-2-3-8-21(19)30-25(33)23-10-5-13-35-23/h1-15H,(H,30,33)(H,31,32)/b29-15-. The van der Waals surface area contributed by atoms with Crippen LogP contribution in [0.5, 0.6) is 5.75 Å². The number of hydrogen-bond donors (Lipinski definition) is 2. The molecule has 0 saturated heterocycles. The van der Waals surface area contributed by atoms with Crippen molar-refractivity contribution in [3.63, 3.8) is 0 Å². The molecule has 36 heavy (non-hydrogen) atoms. The SMILES string of the molecule is O=C(Nc1ccccc1C(=O)N/N=C\c1ccccc1OC(=O)c1ccc(Cl)cc1Cl)c1ccco1. The van der Waals surface area contributed by atoms with Crippen molar-refractivity contribution in [1.82, 2.24) is 5.43 Å². The number of ether oxygens (including phenoxy) is 1. The van der Waals surface area contributed by atoms with Gasteiger partial charge >= 0.3 is 5.97 Å². The number of benzene rings is 3. The van der Waals surface area contributed by atoms with E-state index in [1.165, 1.54) is 42.8 Å². The maximum atomic E-state index is 12.7. The second-order valence-electron chi connectivity index (χ2n) is 7.23. The first kappa shape index (κ1) is 24.7. The van der Waals surface area contributed by atoms with E-state index in [-0.39, 0.29) is 33.3 Å². The molecule has 0 atom stereocenters. The number of nitrogens with one attached hydrogen (secondary N) is 2. The number of furan rings is 1. The Bertz CT molecular complexity index is 1450. The molecule has 1 aromatic heterocycles. The molecule has 0 unspecified atom stereocenters. The molecule has 0 fully saturated rings. The predicted octanol–water partition coefficient (Wildman–Crippen LogP) is 5.82. The summed E-state index contributed by atoms with van der Waals surface area (Å²) in [4.78, 5) is 37.6. The van der Waals surface area contributed by atoms with Gasteiger partial charge in [-0.15, -0.1) is 0 Å². The zero-order chi connectivity index (χ0) is 25.5. The molecule has 0 spiro atoms. The van der Waals surface area contributed by atoms with Gasteiger partial charge in [0.15, 0.2) is 5.76 Å². The monoisotopic (exact) mass is 521 g/mol. The van der Waals surface area contributed by atoms with Crippen LogP contribution in [0, 0.1) is 0 Å². The summed E-state index contributed by atoms with van der Waals surface area (Å²) in [6, 6.07) is 20.6. The number of hydrogen-bond acceptors (Lipinski definition) is 6. The van der Waals surface area contributed by atoms with Crippen LogP contribution in [0.1, 0.15) is 36.8 Å². The van der Waals surface area contributed by atoms with Crippen LogP contribution < -0.4 is 15.5 Å². The molecule has 0 bridgehead atoms. The third kappa shape index (κ3) is 5.99. The number of halogens is 2. The van der Waals surface area contributed by atoms with Crippen molar-refractivity contribution in [3.05, 3.63) is 118 Å². The Kier molecular flexibility index (Phi) is 7.79. The van der Waals surface area contributed by atoms with Crippen molar-refractivity contribution < 1.29 is 23.5 Å². The minimum Gasteiger partial charge on any atom is -0.459 e. The van der Waals surface area contributed by atoms with E-state index in [2.05, 4.69) is 15.8 Å². The van der Waals surface area contributed by atoms with Crippen LogP contribution in [0.3, 0.4) is 0 Å². The summed E-state index contributed by atoms with van der Waals surface area (Å²) in [5.41, 5.74) is 3.44. The van der Waals surface area contributed by atoms with Gasteiger partial charge in [0, 0.05) is 10.6 Å². The molecule has 0 aliphatic heterocycles. The molecule has 0 aliphatic carbocycles. The van der Waals surface area contributed by atoms with Gasteiger partial charge < -0.3 is 14.5 Å². The lowest BCUT2D eigenvalue weighted by Crippen LogP contribution is -2.21. The average Bonchev–Trinajstić information content (AvgIpc) is 3.40. The van der Waals surface area contributed by atoms with E-state index in [1.54, 1.807) is 48.5 Å². The minimum absolute atomic E-state index is 0.106. The van der Waals surface area contributed by atoms with Crippen molar-refractivity contribution in [2.75, 3.05) is 5.32 Å². The van der Waals surface area contributed by atoms with Crippen molar-refractivity contribution in [1.29, 1.82) is 0 Å². The maximum Gasteiger partial charge on any atom is 0.345 e. The quantitative estimate of drug-likeness (QED) is 0.138. The fourth-order valence-electron chi connectivity index (χ4n) is 3.09. The minimum atomic E-state index is -0.678. The van der Waals surface area contributed by atoms with E-state index in [0.29, 0.717) is 10.6 Å². The van der Waals surface area contributed by atoms with Gasteiger partial charge in [0.1, 0.15) is 5.75 Å². The largest absolute Gasteiger partial charge is 0.459 e. The van der Waals surface area contributed by atoms with Crippen LogP contribution >= 0.6 is 23.2 Å². The second kappa shape index (κ2) is 11.4. The molecule has 4 aromatic rings. The van der Waals surface area contributed by atoms with Gasteiger partial charge in [0.2, 0.25) is 0 Å². The number of para-hydroxylation sites is 2. The highest BCUT2D eigenvalue weighted by Gasteiger charge is 2.16. The first-order chi connectivity index (χ1) is 17.4. The summed E-state index contributed by atoms with van der Waals surface area (Å²) in [7, 11) is 0. The van der Waals surface area contributed by atoms with Gasteiger partial charge in [0.25, 0.3) is 11.8 Å². The summed E-state index contributed by atoms with van der Waals surface area (Å²) in [5, 5.41) is 7.15. The zero-order valence-electron chi connectivity index (χ0n) is 18.4. The van der Waals surface area contributed by atoms with E-state index in [4.69, 9.17) is 32.4 Å². The van der Waals surface area contributed by atoms with Gasteiger partial charge in [-0.25, -0.2) is 10.2 Å². The number of carbonyl (C=O) groups is 3.